The van der Waals surface area contributed by atoms with Crippen molar-refractivity contribution in [3.05, 3.63) is 42.0 Å². The Balaban J connectivity index is 2.47. The van der Waals surface area contributed by atoms with E-state index in [0.29, 0.717) is 21.8 Å². The number of benzene rings is 3. The molecular weight excluding hydrogens is 332 g/mol. The van der Waals surface area contributed by atoms with E-state index < -0.39 is 5.78 Å². The lowest BCUT2D eigenvalue weighted by molar-refractivity contribution is -0.104. The van der Waals surface area contributed by atoms with Crippen LogP contribution in [0.3, 0.4) is 0 Å². The molecule has 0 aliphatic carbocycles. The van der Waals surface area contributed by atoms with Gasteiger partial charge in [-0.05, 0) is 50.7 Å². The van der Waals surface area contributed by atoms with Gasteiger partial charge in [0.2, 0.25) is 5.78 Å². The number of aldehydes is 1. The van der Waals surface area contributed by atoms with Crippen LogP contribution in [0.2, 0.25) is 0 Å². The highest BCUT2D eigenvalue weighted by Crippen LogP contribution is 2.41. The Labute approximate surface area is 150 Å². The lowest BCUT2D eigenvalue weighted by Crippen LogP contribution is -2.32. The van der Waals surface area contributed by atoms with Gasteiger partial charge >= 0.3 is 0 Å². The van der Waals surface area contributed by atoms with Crippen LogP contribution in [0, 0.1) is 0 Å². The molecule has 3 aromatic carbocycles. The first kappa shape index (κ1) is 17.7. The zero-order valence-corrected chi connectivity index (χ0v) is 14.8. The molecular formula is C20H20N2O4. The number of phenols is 2. The maximum atomic E-state index is 12.5. The van der Waals surface area contributed by atoms with E-state index in [0.717, 1.165) is 0 Å². The van der Waals surface area contributed by atoms with Crippen LogP contribution in [0.15, 0.2) is 36.4 Å². The molecule has 3 aromatic rings. The molecule has 0 spiro atoms. The first-order chi connectivity index (χ1) is 12.3. The smallest absolute Gasteiger partial charge is 0.226 e. The van der Waals surface area contributed by atoms with E-state index in [1.165, 1.54) is 12.1 Å². The number of carbonyl (C=O) groups excluding carboxylic acids is 2. The average Bonchev–Trinajstić information content (AvgIpc) is 2.62. The molecule has 0 saturated heterocycles. The van der Waals surface area contributed by atoms with Gasteiger partial charge in [-0.1, -0.05) is 12.1 Å². The zero-order valence-electron chi connectivity index (χ0n) is 14.8. The first-order valence-electron chi connectivity index (χ1n) is 8.18. The fourth-order valence-electron chi connectivity index (χ4n) is 3.04. The number of hydrogen-bond acceptors (Lipinski definition) is 6. The maximum absolute atomic E-state index is 12.5. The second kappa shape index (κ2) is 6.65. The molecule has 26 heavy (non-hydrogen) atoms. The zero-order chi connectivity index (χ0) is 19.0. The molecule has 134 valence electrons. The first-order valence-corrected chi connectivity index (χ1v) is 8.18. The van der Waals surface area contributed by atoms with Crippen molar-refractivity contribution in [2.75, 3.05) is 19.4 Å². The number of anilines is 1. The summed E-state index contributed by atoms with van der Waals surface area (Å²) in [4.78, 5) is 25.7. The predicted molar refractivity (Wildman–Crippen MR) is 102 cm³/mol. The van der Waals surface area contributed by atoms with Crippen LogP contribution in [0.4, 0.5) is 5.69 Å². The molecule has 0 aliphatic heterocycles. The number of phenolic OH excluding ortho intramolecular Hbond substituents is 2. The number of carbonyl (C=O) groups is 2. The van der Waals surface area contributed by atoms with E-state index in [4.69, 9.17) is 0 Å². The van der Waals surface area contributed by atoms with Gasteiger partial charge < -0.3 is 15.5 Å². The topological polar surface area (TPSA) is 89.9 Å². The van der Waals surface area contributed by atoms with E-state index in [9.17, 15) is 19.8 Å². The van der Waals surface area contributed by atoms with Gasteiger partial charge in [0.25, 0.3) is 0 Å². The number of rotatable bonds is 5. The number of aromatic hydroxyl groups is 2. The molecule has 6 nitrogen and oxygen atoms in total. The van der Waals surface area contributed by atoms with Crippen LogP contribution < -0.4 is 5.32 Å². The minimum Gasteiger partial charge on any atom is -0.507 e. The van der Waals surface area contributed by atoms with E-state index in [1.54, 1.807) is 12.1 Å². The van der Waals surface area contributed by atoms with Crippen LogP contribution in [0.5, 0.6) is 11.5 Å². The van der Waals surface area contributed by atoms with Gasteiger partial charge in [0, 0.05) is 27.4 Å². The van der Waals surface area contributed by atoms with Crippen molar-refractivity contribution in [1.29, 1.82) is 0 Å². The molecule has 1 atom stereocenters. The number of nitrogens with zero attached hydrogens (tertiary/aromatic N) is 1. The molecule has 3 N–H and O–H groups in total. The summed E-state index contributed by atoms with van der Waals surface area (Å²) in [6.07, 6.45) is 0.192. The van der Waals surface area contributed by atoms with Gasteiger partial charge in [0.1, 0.15) is 11.5 Å². The molecule has 0 heterocycles. The summed E-state index contributed by atoms with van der Waals surface area (Å²) in [6, 6.07) is 9.81. The molecule has 6 heteroatoms. The van der Waals surface area contributed by atoms with Crippen molar-refractivity contribution in [3.8, 4) is 11.5 Å². The lowest BCUT2D eigenvalue weighted by Gasteiger charge is -2.24. The summed E-state index contributed by atoms with van der Waals surface area (Å²) in [5.74, 6) is -0.992. The van der Waals surface area contributed by atoms with Crippen LogP contribution in [-0.4, -0.2) is 47.4 Å². The number of hydrogen-bond donors (Lipinski definition) is 3. The van der Waals surface area contributed by atoms with E-state index in [-0.39, 0.29) is 34.9 Å². The summed E-state index contributed by atoms with van der Waals surface area (Å²) in [5.41, 5.74) is 0.744. The Morgan fingerprint density at radius 1 is 1.12 bits per heavy atom. The molecule has 0 saturated carbocycles. The van der Waals surface area contributed by atoms with Gasteiger partial charge in [-0.3, -0.25) is 14.5 Å². The number of nitrogens with one attached hydrogen (secondary N) is 1. The third-order valence-corrected chi connectivity index (χ3v) is 4.59. The summed E-state index contributed by atoms with van der Waals surface area (Å²) in [7, 11) is 3.83. The highest BCUT2D eigenvalue weighted by atomic mass is 16.3. The third-order valence-electron chi connectivity index (χ3n) is 4.59. The molecule has 0 bridgehead atoms. The molecule has 0 radical (unpaired) electrons. The molecule has 0 amide bonds. The van der Waals surface area contributed by atoms with Gasteiger partial charge in [-0.25, -0.2) is 0 Å². The Hall–Kier alpha value is -3.12. The summed E-state index contributed by atoms with van der Waals surface area (Å²) >= 11 is 0. The Kier molecular flexibility index (Phi) is 4.52. The highest BCUT2D eigenvalue weighted by molar-refractivity contribution is 6.41. The van der Waals surface area contributed by atoms with Crippen LogP contribution in [-0.2, 0) is 4.79 Å². The molecule has 0 fully saturated rings. The van der Waals surface area contributed by atoms with E-state index in [2.05, 4.69) is 5.32 Å². The second-order valence-electron chi connectivity index (χ2n) is 6.45. The fraction of sp³-hybridized carbons (Fsp3) is 0.200. The number of fused-ring (bicyclic) bond motifs is 2. The average molecular weight is 352 g/mol. The van der Waals surface area contributed by atoms with Gasteiger partial charge in [-0.15, -0.1) is 0 Å². The normalized spacial score (nSPS) is 12.5. The molecule has 0 aromatic heterocycles. The Bertz CT molecular complexity index is 1030. The predicted octanol–water partition coefficient (Wildman–Crippen LogP) is 3.11. The van der Waals surface area contributed by atoms with E-state index >= 15 is 0 Å². The minimum absolute atomic E-state index is 0.0340. The van der Waals surface area contributed by atoms with Crippen LogP contribution >= 0.6 is 0 Å². The largest absolute Gasteiger partial charge is 0.507 e. The number of ketones is 1. The Morgan fingerprint density at radius 3 is 2.46 bits per heavy atom. The third kappa shape index (κ3) is 2.84. The monoisotopic (exact) mass is 352 g/mol. The van der Waals surface area contributed by atoms with Gasteiger partial charge in [0.15, 0.2) is 6.29 Å². The van der Waals surface area contributed by atoms with Crippen LogP contribution in [0.25, 0.3) is 21.5 Å². The summed E-state index contributed by atoms with van der Waals surface area (Å²) < 4.78 is 0. The van der Waals surface area contributed by atoms with Gasteiger partial charge in [-0.2, -0.15) is 0 Å². The van der Waals surface area contributed by atoms with E-state index in [1.807, 2.05) is 38.1 Å². The fourth-order valence-corrected chi connectivity index (χ4v) is 3.04. The SMILES string of the molecule is CC(Nc1cccc2cc3c(O)ccc(O)c3c(C(=O)C=O)c12)N(C)C. The molecule has 3 rings (SSSR count). The lowest BCUT2D eigenvalue weighted by atomic mass is 9.92. The van der Waals surface area contributed by atoms with Crippen LogP contribution in [0.1, 0.15) is 17.3 Å². The number of Topliss-reactive ketones (excluding diaryl/α,β-unsaturated/α-hetero) is 1. The minimum atomic E-state index is -0.756. The highest BCUT2D eigenvalue weighted by Gasteiger charge is 2.21. The van der Waals surface area contributed by atoms with Crippen molar-refractivity contribution in [2.45, 2.75) is 13.1 Å². The quantitative estimate of drug-likeness (QED) is 0.163. The standard InChI is InChI=1S/C20H20N2O4/c1-11(22(2)3)21-14-6-4-5-12-9-13-15(24)7-8-16(25)19(13)20(18(12)14)17(26)10-23/h4-11,21,24-25H,1-3H3. The summed E-state index contributed by atoms with van der Waals surface area (Å²) in [6.45, 7) is 1.96. The maximum Gasteiger partial charge on any atom is 0.226 e. The molecule has 1 unspecified atom stereocenters. The van der Waals surface area contributed by atoms with Crippen molar-refractivity contribution >= 4 is 39.3 Å². The second-order valence-corrected chi connectivity index (χ2v) is 6.45. The van der Waals surface area contributed by atoms with Crippen molar-refractivity contribution in [3.63, 3.8) is 0 Å². The van der Waals surface area contributed by atoms with Gasteiger partial charge in [0.05, 0.1) is 6.17 Å². The molecule has 0 aliphatic rings. The van der Waals surface area contributed by atoms with Crippen molar-refractivity contribution in [2.24, 2.45) is 0 Å². The summed E-state index contributed by atoms with van der Waals surface area (Å²) in [5, 5.41) is 25.5. The Morgan fingerprint density at radius 2 is 1.81 bits per heavy atom. The van der Waals surface area contributed by atoms with Crippen molar-refractivity contribution < 1.29 is 19.8 Å². The van der Waals surface area contributed by atoms with Crippen molar-refractivity contribution in [1.82, 2.24) is 4.90 Å².